The number of alkyl halides is 2. The van der Waals surface area contributed by atoms with Crippen LogP contribution < -0.4 is 19.7 Å². The fraction of sp³-hybridized carbons (Fsp3) is 0.316. The number of ether oxygens (including phenoxy) is 2. The highest BCUT2D eigenvalue weighted by Gasteiger charge is 2.16. The van der Waals surface area contributed by atoms with E-state index in [1.165, 1.54) is 31.4 Å². The van der Waals surface area contributed by atoms with Crippen molar-refractivity contribution < 1.29 is 32.9 Å². The van der Waals surface area contributed by atoms with Gasteiger partial charge < -0.3 is 19.7 Å². The molecule has 0 radical (unpaired) electrons. The second-order valence-corrected chi connectivity index (χ2v) is 6.48. The molecule has 0 fully saturated rings. The van der Waals surface area contributed by atoms with Crippen molar-refractivity contribution in [3.05, 3.63) is 57.6 Å². The minimum Gasteiger partial charge on any atom is -0.493 e. The van der Waals surface area contributed by atoms with E-state index in [9.17, 15) is 23.7 Å². The Labute approximate surface area is 166 Å². The summed E-state index contributed by atoms with van der Waals surface area (Å²) in [5, 5.41) is 13.5. The van der Waals surface area contributed by atoms with E-state index < -0.39 is 11.5 Å². The Hall–Kier alpha value is -3.27. The average Bonchev–Trinajstić information content (AvgIpc) is 2.63. The molecule has 29 heavy (non-hydrogen) atoms. The molecule has 2 N–H and O–H groups in total. The van der Waals surface area contributed by atoms with Gasteiger partial charge in [0, 0.05) is 23.4 Å². The van der Waals surface area contributed by atoms with Gasteiger partial charge in [-0.1, -0.05) is 0 Å². The highest BCUT2D eigenvalue weighted by Crippen LogP contribution is 2.29. The summed E-state index contributed by atoms with van der Waals surface area (Å²) in [6.07, 6.45) is 0. The van der Waals surface area contributed by atoms with Crippen LogP contribution in [0, 0.1) is 17.0 Å². The monoisotopic (exact) mass is 410 g/mol. The molecule has 0 aliphatic carbocycles. The molecular weight excluding hydrogens is 388 g/mol. The number of rotatable bonds is 9. The molecule has 2 rings (SSSR count). The molecule has 156 valence electrons. The Bertz CT molecular complexity index is 892. The van der Waals surface area contributed by atoms with Crippen molar-refractivity contribution in [3.63, 3.8) is 0 Å². The Balaban J connectivity index is 1.97. The van der Waals surface area contributed by atoms with Gasteiger partial charge in [-0.2, -0.15) is 8.78 Å². The molecule has 0 aliphatic rings. The van der Waals surface area contributed by atoms with E-state index in [2.05, 4.69) is 10.1 Å². The molecule has 0 aromatic heterocycles. The molecule has 1 atom stereocenters. The fourth-order valence-corrected chi connectivity index (χ4v) is 2.80. The number of nitrogens with zero attached hydrogens (tertiary/aromatic N) is 1. The van der Waals surface area contributed by atoms with Gasteiger partial charge in [-0.25, -0.2) is 0 Å². The maximum absolute atomic E-state index is 12.4. The third-order valence-electron chi connectivity index (χ3n) is 4.11. The second kappa shape index (κ2) is 9.78. The summed E-state index contributed by atoms with van der Waals surface area (Å²) in [4.78, 5) is 23.4. The normalized spacial score (nSPS) is 11.8. The van der Waals surface area contributed by atoms with Crippen LogP contribution >= 0.6 is 0 Å². The van der Waals surface area contributed by atoms with Crippen molar-refractivity contribution in [2.45, 2.75) is 20.1 Å². The van der Waals surface area contributed by atoms with Crippen molar-refractivity contribution >= 4 is 17.3 Å². The van der Waals surface area contributed by atoms with E-state index in [1.807, 2.05) is 0 Å². The van der Waals surface area contributed by atoms with E-state index in [1.54, 1.807) is 26.1 Å². The number of non-ortho nitro benzene ring substituents is 1. The Morgan fingerprint density at radius 1 is 1.24 bits per heavy atom. The van der Waals surface area contributed by atoms with Crippen LogP contribution in [0.1, 0.15) is 11.1 Å². The number of quaternary nitrogens is 1. The molecule has 0 saturated heterocycles. The van der Waals surface area contributed by atoms with Gasteiger partial charge >= 0.3 is 6.61 Å². The number of halogens is 2. The lowest BCUT2D eigenvalue weighted by atomic mass is 10.1. The summed E-state index contributed by atoms with van der Waals surface area (Å²) in [5.74, 6) is -0.138. The van der Waals surface area contributed by atoms with Crippen LogP contribution in [0.25, 0.3) is 0 Å². The number of anilines is 1. The zero-order valence-electron chi connectivity index (χ0n) is 16.2. The molecule has 0 saturated carbocycles. The zero-order valence-corrected chi connectivity index (χ0v) is 16.2. The summed E-state index contributed by atoms with van der Waals surface area (Å²) < 4.78 is 34.3. The van der Waals surface area contributed by atoms with Gasteiger partial charge in [0.05, 0.1) is 19.1 Å². The topological polar surface area (TPSA) is 95.1 Å². The molecule has 2 aromatic carbocycles. The first kappa shape index (κ1) is 22.0. The Morgan fingerprint density at radius 2 is 1.97 bits per heavy atom. The van der Waals surface area contributed by atoms with Crippen LogP contribution in [0.2, 0.25) is 0 Å². The summed E-state index contributed by atoms with van der Waals surface area (Å²) in [6.45, 7) is -0.699. The Morgan fingerprint density at radius 3 is 2.55 bits per heavy atom. The number of carbonyl (C=O) groups is 1. The van der Waals surface area contributed by atoms with Crippen LogP contribution in [0.15, 0.2) is 36.4 Å². The number of likely N-dealkylation sites (N-methyl/N-ethyl adjacent to an activating group) is 1. The lowest BCUT2D eigenvalue weighted by Crippen LogP contribution is -3.08. The number of carbonyl (C=O) groups excluding carboxylic acids is 1. The number of aryl methyl sites for hydroxylation is 1. The number of nitro groups is 1. The minimum absolute atomic E-state index is 0.0449. The average molecular weight is 410 g/mol. The number of hydrogen-bond acceptors (Lipinski definition) is 5. The van der Waals surface area contributed by atoms with Crippen LogP contribution in [0.4, 0.5) is 20.2 Å². The number of benzene rings is 2. The van der Waals surface area contributed by atoms with Crippen LogP contribution in [-0.4, -0.2) is 38.1 Å². The van der Waals surface area contributed by atoms with E-state index >= 15 is 0 Å². The first-order valence-electron chi connectivity index (χ1n) is 8.67. The minimum atomic E-state index is -2.95. The first-order chi connectivity index (χ1) is 13.7. The number of nitro benzene ring substituents is 1. The molecule has 10 heteroatoms. The SMILES string of the molecule is COc1cc(C[NH+](C)CC(=O)Nc2ccc([N+](=O)[O-])cc2C)ccc1OC(F)F. The van der Waals surface area contributed by atoms with Crippen LogP contribution in [0.3, 0.4) is 0 Å². The van der Waals surface area contributed by atoms with Crippen LogP contribution in [-0.2, 0) is 11.3 Å². The van der Waals surface area contributed by atoms with Gasteiger partial charge in [0.2, 0.25) is 0 Å². The highest BCUT2D eigenvalue weighted by atomic mass is 19.3. The molecule has 2 aromatic rings. The fourth-order valence-electron chi connectivity index (χ4n) is 2.80. The smallest absolute Gasteiger partial charge is 0.387 e. The van der Waals surface area contributed by atoms with E-state index in [-0.39, 0.29) is 29.6 Å². The maximum atomic E-state index is 12.4. The second-order valence-electron chi connectivity index (χ2n) is 6.48. The Kier molecular flexibility index (Phi) is 7.43. The largest absolute Gasteiger partial charge is 0.493 e. The molecule has 8 nitrogen and oxygen atoms in total. The summed E-state index contributed by atoms with van der Waals surface area (Å²) in [7, 11) is 3.16. The predicted octanol–water partition coefficient (Wildman–Crippen LogP) is 2.17. The van der Waals surface area contributed by atoms with E-state index in [4.69, 9.17) is 4.74 Å². The molecule has 0 heterocycles. The lowest BCUT2D eigenvalue weighted by molar-refractivity contribution is -0.885. The molecule has 0 spiro atoms. The van der Waals surface area contributed by atoms with Crippen molar-refractivity contribution in [2.24, 2.45) is 0 Å². The number of amides is 1. The maximum Gasteiger partial charge on any atom is 0.387 e. The summed E-state index contributed by atoms with van der Waals surface area (Å²) in [6, 6.07) is 8.82. The molecule has 0 aliphatic heterocycles. The first-order valence-corrected chi connectivity index (χ1v) is 8.67. The quantitative estimate of drug-likeness (QED) is 0.488. The summed E-state index contributed by atoms with van der Waals surface area (Å²) >= 11 is 0. The molecular formula is C19H22F2N3O5+. The third kappa shape index (κ3) is 6.39. The molecule has 1 amide bonds. The van der Waals surface area contributed by atoms with E-state index in [0.29, 0.717) is 17.8 Å². The molecule has 1 unspecified atom stereocenters. The van der Waals surface area contributed by atoms with Crippen molar-refractivity contribution in [1.82, 2.24) is 0 Å². The number of methoxy groups -OCH3 is 1. The van der Waals surface area contributed by atoms with Gasteiger partial charge in [-0.3, -0.25) is 14.9 Å². The standard InChI is InChI=1S/C19H21F2N3O5/c1-12-8-14(24(26)27)5-6-15(12)22-18(25)11-23(2)10-13-4-7-16(29-19(20)21)17(9-13)28-3/h4-9,19H,10-11H2,1-3H3,(H,22,25)/p+1. The highest BCUT2D eigenvalue weighted by molar-refractivity contribution is 5.92. The van der Waals surface area contributed by atoms with Gasteiger partial charge in [0.25, 0.3) is 11.6 Å². The van der Waals surface area contributed by atoms with Gasteiger partial charge in [0.1, 0.15) is 6.54 Å². The van der Waals surface area contributed by atoms with Crippen molar-refractivity contribution in [3.8, 4) is 11.5 Å². The number of hydrogen-bond donors (Lipinski definition) is 2. The number of nitrogens with one attached hydrogen (secondary N) is 2. The van der Waals surface area contributed by atoms with Gasteiger partial charge in [-0.05, 0) is 36.8 Å². The predicted molar refractivity (Wildman–Crippen MR) is 102 cm³/mol. The van der Waals surface area contributed by atoms with Crippen LogP contribution in [0.5, 0.6) is 11.5 Å². The lowest BCUT2D eigenvalue weighted by Gasteiger charge is -2.16. The van der Waals surface area contributed by atoms with Gasteiger partial charge in [0.15, 0.2) is 18.0 Å². The zero-order chi connectivity index (χ0) is 21.6. The van der Waals surface area contributed by atoms with E-state index in [0.717, 1.165) is 10.5 Å². The third-order valence-corrected chi connectivity index (χ3v) is 4.11. The summed E-state index contributed by atoms with van der Waals surface area (Å²) in [5.41, 5.74) is 1.82. The van der Waals surface area contributed by atoms with Crippen molar-refractivity contribution in [2.75, 3.05) is 26.0 Å². The van der Waals surface area contributed by atoms with Crippen molar-refractivity contribution in [1.29, 1.82) is 0 Å². The van der Waals surface area contributed by atoms with Gasteiger partial charge in [-0.15, -0.1) is 0 Å². The molecule has 0 bridgehead atoms.